The predicted octanol–water partition coefficient (Wildman–Crippen LogP) is 1.21. The van der Waals surface area contributed by atoms with Crippen LogP contribution in [0.1, 0.15) is 27.2 Å². The molecule has 0 rings (SSSR count). The monoisotopic (exact) mass is 143 g/mol. The highest BCUT2D eigenvalue weighted by atomic mass is 16.1. The lowest BCUT2D eigenvalue weighted by Gasteiger charge is -2.14. The van der Waals surface area contributed by atoms with Crippen molar-refractivity contribution in [2.24, 2.45) is 5.92 Å². The van der Waals surface area contributed by atoms with Gasteiger partial charge in [0.05, 0.1) is 6.04 Å². The van der Waals surface area contributed by atoms with Gasteiger partial charge in [-0.25, -0.2) is 0 Å². The molecule has 0 fully saturated rings. The van der Waals surface area contributed by atoms with Crippen molar-refractivity contribution in [2.45, 2.75) is 33.2 Å². The van der Waals surface area contributed by atoms with Gasteiger partial charge < -0.3 is 10.1 Å². The van der Waals surface area contributed by atoms with Gasteiger partial charge in [-0.3, -0.25) is 0 Å². The smallest absolute Gasteiger partial charge is 0.137 e. The highest BCUT2D eigenvalue weighted by Crippen LogP contribution is 1.97. The van der Waals surface area contributed by atoms with Crippen LogP contribution in [0.15, 0.2) is 0 Å². The van der Waals surface area contributed by atoms with E-state index in [2.05, 4.69) is 12.2 Å². The lowest BCUT2D eigenvalue weighted by atomic mass is 10.1. The third-order valence-electron chi connectivity index (χ3n) is 1.49. The van der Waals surface area contributed by atoms with E-state index in [-0.39, 0.29) is 6.04 Å². The summed E-state index contributed by atoms with van der Waals surface area (Å²) in [6.07, 6.45) is 2.07. The molecule has 0 saturated heterocycles. The molecule has 0 heterocycles. The summed E-state index contributed by atoms with van der Waals surface area (Å²) in [7, 11) is 0. The Morgan fingerprint density at radius 3 is 2.40 bits per heavy atom. The van der Waals surface area contributed by atoms with Crippen LogP contribution in [-0.4, -0.2) is 18.9 Å². The fourth-order valence-electron chi connectivity index (χ4n) is 0.752. The molecular formula is C8H17NO. The van der Waals surface area contributed by atoms with Crippen molar-refractivity contribution in [3.63, 3.8) is 0 Å². The molecule has 0 aromatic carbocycles. The summed E-state index contributed by atoms with van der Waals surface area (Å²) in [6.45, 7) is 7.11. The number of aldehydes is 1. The number of carbonyl (C=O) groups excluding carboxylic acids is 1. The van der Waals surface area contributed by atoms with Crippen molar-refractivity contribution in [3.8, 4) is 0 Å². The maximum Gasteiger partial charge on any atom is 0.137 e. The van der Waals surface area contributed by atoms with Gasteiger partial charge in [0.1, 0.15) is 6.29 Å². The molecule has 60 valence electrons. The fourth-order valence-corrected chi connectivity index (χ4v) is 0.752. The SMILES string of the molecule is CCCN[C@H](C=O)C(C)C. The zero-order valence-electron chi connectivity index (χ0n) is 7.05. The first-order valence-corrected chi connectivity index (χ1v) is 3.91. The molecule has 0 radical (unpaired) electrons. The standard InChI is InChI=1S/C8H17NO/c1-4-5-9-8(6-10)7(2)3/h6-9H,4-5H2,1-3H3/t8-/m1/s1. The van der Waals surface area contributed by atoms with Crippen molar-refractivity contribution in [2.75, 3.05) is 6.54 Å². The zero-order valence-corrected chi connectivity index (χ0v) is 7.05. The van der Waals surface area contributed by atoms with E-state index in [0.717, 1.165) is 19.3 Å². The van der Waals surface area contributed by atoms with Gasteiger partial charge in [-0.15, -0.1) is 0 Å². The van der Waals surface area contributed by atoms with Crippen LogP contribution in [0.4, 0.5) is 0 Å². The van der Waals surface area contributed by atoms with Gasteiger partial charge in [0.2, 0.25) is 0 Å². The second-order valence-electron chi connectivity index (χ2n) is 2.86. The molecule has 2 heteroatoms. The predicted molar refractivity (Wildman–Crippen MR) is 43.0 cm³/mol. The second kappa shape index (κ2) is 5.42. The lowest BCUT2D eigenvalue weighted by molar-refractivity contribution is -0.110. The average Bonchev–Trinajstić information content (AvgIpc) is 1.89. The lowest BCUT2D eigenvalue weighted by Crippen LogP contribution is -2.35. The topological polar surface area (TPSA) is 29.1 Å². The summed E-state index contributed by atoms with van der Waals surface area (Å²) in [4.78, 5) is 10.4. The molecule has 2 nitrogen and oxygen atoms in total. The van der Waals surface area contributed by atoms with E-state index < -0.39 is 0 Å². The van der Waals surface area contributed by atoms with Gasteiger partial charge >= 0.3 is 0 Å². The molecule has 1 N–H and O–H groups in total. The molecule has 0 unspecified atom stereocenters. The van der Waals surface area contributed by atoms with Crippen molar-refractivity contribution in [1.29, 1.82) is 0 Å². The summed E-state index contributed by atoms with van der Waals surface area (Å²) >= 11 is 0. The van der Waals surface area contributed by atoms with Crippen LogP contribution in [-0.2, 0) is 4.79 Å². The average molecular weight is 143 g/mol. The van der Waals surface area contributed by atoms with Gasteiger partial charge in [-0.1, -0.05) is 20.8 Å². The first-order chi connectivity index (χ1) is 4.72. The largest absolute Gasteiger partial charge is 0.308 e. The second-order valence-corrected chi connectivity index (χ2v) is 2.86. The van der Waals surface area contributed by atoms with Crippen LogP contribution in [0.5, 0.6) is 0 Å². The van der Waals surface area contributed by atoms with Crippen LogP contribution in [0.25, 0.3) is 0 Å². The molecule has 0 aromatic rings. The fraction of sp³-hybridized carbons (Fsp3) is 0.875. The van der Waals surface area contributed by atoms with Crippen LogP contribution >= 0.6 is 0 Å². The Labute approximate surface area is 63.0 Å². The minimum atomic E-state index is 0.0416. The van der Waals surface area contributed by atoms with Crippen molar-refractivity contribution < 1.29 is 4.79 Å². The Bertz CT molecular complexity index is 91.3. The molecule has 0 spiro atoms. The van der Waals surface area contributed by atoms with E-state index in [4.69, 9.17) is 0 Å². The van der Waals surface area contributed by atoms with Gasteiger partial charge in [-0.05, 0) is 18.9 Å². The van der Waals surface area contributed by atoms with E-state index in [9.17, 15) is 4.79 Å². The molecule has 1 atom stereocenters. The molecule has 0 aliphatic carbocycles. The highest BCUT2D eigenvalue weighted by Gasteiger charge is 2.08. The van der Waals surface area contributed by atoms with Crippen LogP contribution < -0.4 is 5.32 Å². The summed E-state index contributed by atoms with van der Waals surface area (Å²) in [5.74, 6) is 0.407. The maximum absolute atomic E-state index is 10.4. The summed E-state index contributed by atoms with van der Waals surface area (Å²) in [5.41, 5.74) is 0. The summed E-state index contributed by atoms with van der Waals surface area (Å²) in [5, 5.41) is 3.15. The van der Waals surface area contributed by atoms with Crippen LogP contribution in [0.2, 0.25) is 0 Å². The first kappa shape index (κ1) is 9.63. The van der Waals surface area contributed by atoms with Crippen molar-refractivity contribution >= 4 is 6.29 Å². The van der Waals surface area contributed by atoms with Crippen molar-refractivity contribution in [3.05, 3.63) is 0 Å². The minimum Gasteiger partial charge on any atom is -0.308 e. The van der Waals surface area contributed by atoms with Crippen LogP contribution in [0.3, 0.4) is 0 Å². The molecule has 10 heavy (non-hydrogen) atoms. The molecule has 0 aliphatic rings. The molecule has 0 aromatic heterocycles. The molecule has 0 aliphatic heterocycles. The summed E-state index contributed by atoms with van der Waals surface area (Å²) in [6, 6.07) is 0.0416. The van der Waals surface area contributed by atoms with E-state index in [1.54, 1.807) is 0 Å². The third kappa shape index (κ3) is 3.62. The Morgan fingerprint density at radius 1 is 1.50 bits per heavy atom. The van der Waals surface area contributed by atoms with Crippen LogP contribution in [0, 0.1) is 5.92 Å². The Kier molecular flexibility index (Phi) is 5.22. The van der Waals surface area contributed by atoms with E-state index in [1.165, 1.54) is 0 Å². The molecule has 0 saturated carbocycles. The number of nitrogens with one attached hydrogen (secondary N) is 1. The van der Waals surface area contributed by atoms with Gasteiger partial charge in [0.15, 0.2) is 0 Å². The Hall–Kier alpha value is -0.370. The van der Waals surface area contributed by atoms with Gasteiger partial charge in [0.25, 0.3) is 0 Å². The quantitative estimate of drug-likeness (QED) is 0.586. The van der Waals surface area contributed by atoms with Crippen molar-refractivity contribution in [1.82, 2.24) is 5.32 Å². The molecule has 0 bridgehead atoms. The molecular weight excluding hydrogens is 126 g/mol. The Morgan fingerprint density at radius 2 is 2.10 bits per heavy atom. The van der Waals surface area contributed by atoms with Gasteiger partial charge in [-0.2, -0.15) is 0 Å². The third-order valence-corrected chi connectivity index (χ3v) is 1.49. The maximum atomic E-state index is 10.4. The zero-order chi connectivity index (χ0) is 7.98. The minimum absolute atomic E-state index is 0.0416. The summed E-state index contributed by atoms with van der Waals surface area (Å²) < 4.78 is 0. The highest BCUT2D eigenvalue weighted by molar-refractivity contribution is 5.57. The number of carbonyl (C=O) groups is 1. The Balaban J connectivity index is 3.50. The van der Waals surface area contributed by atoms with E-state index in [1.807, 2.05) is 13.8 Å². The first-order valence-electron chi connectivity index (χ1n) is 3.91. The van der Waals surface area contributed by atoms with E-state index >= 15 is 0 Å². The number of rotatable bonds is 5. The number of hydrogen-bond acceptors (Lipinski definition) is 2. The van der Waals surface area contributed by atoms with Gasteiger partial charge in [0, 0.05) is 0 Å². The number of hydrogen-bond donors (Lipinski definition) is 1. The molecule has 0 amide bonds. The normalized spacial score (nSPS) is 13.6. The van der Waals surface area contributed by atoms with E-state index in [0.29, 0.717) is 5.92 Å².